The Kier molecular flexibility index (Phi) is 6.71. The van der Waals surface area contributed by atoms with Crippen molar-refractivity contribution in [3.63, 3.8) is 0 Å². The Morgan fingerprint density at radius 2 is 1.74 bits per heavy atom. The molecule has 0 saturated heterocycles. The standard InChI is InChI=1S/C18H22ClO3P/c1-15(12-21-13-17-9-7-6-8-16(17)2)14-23(19,20)22-18-10-4-3-5-11-18/h3-11,15H,12-14H2,1-2H3/t15-,23?/m0/s1. The Bertz CT molecular complexity index is 660. The molecule has 0 heterocycles. The monoisotopic (exact) mass is 352 g/mol. The van der Waals surface area contributed by atoms with E-state index in [1.165, 1.54) is 5.56 Å². The first kappa shape index (κ1) is 18.1. The third kappa shape index (κ3) is 6.39. The van der Waals surface area contributed by atoms with Gasteiger partial charge in [-0.2, -0.15) is 0 Å². The van der Waals surface area contributed by atoms with Gasteiger partial charge in [-0.05, 0) is 47.3 Å². The van der Waals surface area contributed by atoms with Crippen LogP contribution >= 0.6 is 18.0 Å². The lowest BCUT2D eigenvalue weighted by atomic mass is 10.1. The van der Waals surface area contributed by atoms with E-state index in [2.05, 4.69) is 13.0 Å². The number of para-hydroxylation sites is 1. The van der Waals surface area contributed by atoms with Gasteiger partial charge < -0.3 is 9.26 Å². The van der Waals surface area contributed by atoms with E-state index < -0.39 is 6.72 Å². The molecule has 0 aliphatic carbocycles. The fourth-order valence-electron chi connectivity index (χ4n) is 2.24. The van der Waals surface area contributed by atoms with Gasteiger partial charge in [-0.1, -0.05) is 49.4 Å². The predicted molar refractivity (Wildman–Crippen MR) is 95.4 cm³/mol. The molecular weight excluding hydrogens is 331 g/mol. The quantitative estimate of drug-likeness (QED) is 0.575. The molecule has 0 aliphatic rings. The maximum atomic E-state index is 12.4. The molecule has 0 aromatic heterocycles. The number of hydrogen-bond acceptors (Lipinski definition) is 3. The van der Waals surface area contributed by atoms with Gasteiger partial charge in [0.05, 0.1) is 19.4 Å². The Labute approximate surface area is 142 Å². The van der Waals surface area contributed by atoms with Crippen LogP contribution in [0.3, 0.4) is 0 Å². The Hall–Kier alpha value is -1.28. The van der Waals surface area contributed by atoms with E-state index in [0.29, 0.717) is 19.0 Å². The lowest BCUT2D eigenvalue weighted by Crippen LogP contribution is -2.11. The van der Waals surface area contributed by atoms with Crippen LogP contribution in [0.5, 0.6) is 5.75 Å². The highest BCUT2D eigenvalue weighted by Gasteiger charge is 2.24. The summed E-state index contributed by atoms with van der Waals surface area (Å²) in [5.74, 6) is 0.574. The molecule has 2 rings (SSSR count). The summed E-state index contributed by atoms with van der Waals surface area (Å²) < 4.78 is 23.5. The maximum absolute atomic E-state index is 12.4. The van der Waals surface area contributed by atoms with E-state index in [4.69, 9.17) is 20.5 Å². The molecule has 0 saturated carbocycles. The number of halogens is 1. The molecule has 3 nitrogen and oxygen atoms in total. The summed E-state index contributed by atoms with van der Waals surface area (Å²) in [7, 11) is 0. The summed E-state index contributed by atoms with van der Waals surface area (Å²) in [6.45, 7) is 1.85. The molecule has 0 fully saturated rings. The van der Waals surface area contributed by atoms with Crippen LogP contribution < -0.4 is 4.52 Å². The molecule has 0 spiro atoms. The largest absolute Gasteiger partial charge is 0.433 e. The van der Waals surface area contributed by atoms with E-state index in [9.17, 15) is 4.57 Å². The van der Waals surface area contributed by atoms with Crippen molar-refractivity contribution < 1.29 is 13.8 Å². The molecule has 0 N–H and O–H groups in total. The summed E-state index contributed by atoms with van der Waals surface area (Å²) in [6.07, 6.45) is 0.275. The van der Waals surface area contributed by atoms with Gasteiger partial charge in [0.2, 0.25) is 0 Å². The Morgan fingerprint density at radius 3 is 2.43 bits per heavy atom. The topological polar surface area (TPSA) is 35.5 Å². The van der Waals surface area contributed by atoms with Gasteiger partial charge in [-0.25, -0.2) is 0 Å². The van der Waals surface area contributed by atoms with Gasteiger partial charge in [-0.3, -0.25) is 4.57 Å². The van der Waals surface area contributed by atoms with Crippen LogP contribution in [-0.4, -0.2) is 12.8 Å². The molecule has 2 aromatic rings. The summed E-state index contributed by atoms with van der Waals surface area (Å²) in [5.41, 5.74) is 2.37. The van der Waals surface area contributed by atoms with Crippen LogP contribution in [0.4, 0.5) is 0 Å². The zero-order valence-electron chi connectivity index (χ0n) is 13.4. The Morgan fingerprint density at radius 1 is 1.09 bits per heavy atom. The van der Waals surface area contributed by atoms with Gasteiger partial charge >= 0.3 is 6.72 Å². The van der Waals surface area contributed by atoms with Gasteiger partial charge in [0.25, 0.3) is 0 Å². The zero-order chi connectivity index (χ0) is 16.7. The van der Waals surface area contributed by atoms with Crippen molar-refractivity contribution in [2.24, 2.45) is 5.92 Å². The summed E-state index contributed by atoms with van der Waals surface area (Å²) in [5, 5.41) is 0. The summed E-state index contributed by atoms with van der Waals surface area (Å²) in [4.78, 5) is 0. The van der Waals surface area contributed by atoms with Gasteiger partial charge in [0.15, 0.2) is 0 Å². The average Bonchev–Trinajstić information content (AvgIpc) is 2.49. The molecule has 124 valence electrons. The third-order valence-corrected chi connectivity index (χ3v) is 5.60. The minimum Gasteiger partial charge on any atom is -0.433 e. The highest BCUT2D eigenvalue weighted by Crippen LogP contribution is 2.53. The Balaban J connectivity index is 1.78. The smallest absolute Gasteiger partial charge is 0.336 e. The molecule has 2 atom stereocenters. The van der Waals surface area contributed by atoms with Crippen LogP contribution in [0.25, 0.3) is 0 Å². The molecule has 0 amide bonds. The zero-order valence-corrected chi connectivity index (χ0v) is 15.1. The molecule has 0 bridgehead atoms. The van der Waals surface area contributed by atoms with Crippen molar-refractivity contribution in [1.29, 1.82) is 0 Å². The highest BCUT2D eigenvalue weighted by molar-refractivity contribution is 7.85. The lowest BCUT2D eigenvalue weighted by Gasteiger charge is -2.17. The van der Waals surface area contributed by atoms with Gasteiger partial charge in [-0.15, -0.1) is 0 Å². The van der Waals surface area contributed by atoms with Crippen molar-refractivity contribution in [3.8, 4) is 5.75 Å². The van der Waals surface area contributed by atoms with E-state index in [1.54, 1.807) is 12.1 Å². The number of benzene rings is 2. The van der Waals surface area contributed by atoms with Crippen LogP contribution in [0, 0.1) is 12.8 Å². The highest BCUT2D eigenvalue weighted by atomic mass is 35.7. The molecule has 0 aliphatic heterocycles. The minimum absolute atomic E-state index is 0.0473. The maximum Gasteiger partial charge on any atom is 0.336 e. The van der Waals surface area contributed by atoms with Crippen molar-refractivity contribution in [3.05, 3.63) is 65.7 Å². The van der Waals surface area contributed by atoms with Crippen LogP contribution in [0.1, 0.15) is 18.1 Å². The third-order valence-electron chi connectivity index (χ3n) is 3.44. The second kappa shape index (κ2) is 8.54. The first-order chi connectivity index (χ1) is 11.0. The first-order valence-electron chi connectivity index (χ1n) is 7.62. The van der Waals surface area contributed by atoms with Crippen LogP contribution in [0.15, 0.2) is 54.6 Å². The number of ether oxygens (including phenoxy) is 1. The molecule has 0 radical (unpaired) electrons. The SMILES string of the molecule is Cc1ccccc1COC[C@H](C)CP(=O)(Cl)Oc1ccccc1. The van der Waals surface area contributed by atoms with Crippen molar-refractivity contribution >= 4 is 18.0 Å². The van der Waals surface area contributed by atoms with Crippen molar-refractivity contribution in [1.82, 2.24) is 0 Å². The lowest BCUT2D eigenvalue weighted by molar-refractivity contribution is 0.0971. The number of hydrogen-bond donors (Lipinski definition) is 0. The molecule has 23 heavy (non-hydrogen) atoms. The molecule has 1 unspecified atom stereocenters. The van der Waals surface area contributed by atoms with E-state index >= 15 is 0 Å². The number of rotatable bonds is 8. The minimum atomic E-state index is -3.20. The van der Waals surface area contributed by atoms with Gasteiger partial charge in [0.1, 0.15) is 5.75 Å². The fourth-order valence-corrected chi connectivity index (χ4v) is 4.55. The molecular formula is C18H22ClO3P. The van der Waals surface area contributed by atoms with Crippen LogP contribution in [0.2, 0.25) is 0 Å². The van der Waals surface area contributed by atoms with Crippen LogP contribution in [-0.2, 0) is 15.9 Å². The van der Waals surface area contributed by atoms with E-state index in [-0.39, 0.29) is 12.1 Å². The van der Waals surface area contributed by atoms with Crippen molar-refractivity contribution in [2.75, 3.05) is 12.8 Å². The second-order valence-corrected chi connectivity index (χ2v) is 9.00. The first-order valence-corrected chi connectivity index (χ1v) is 10.3. The summed E-state index contributed by atoms with van der Waals surface area (Å²) in [6, 6.07) is 17.1. The predicted octanol–water partition coefficient (Wildman–Crippen LogP) is 5.66. The van der Waals surface area contributed by atoms with E-state index in [0.717, 1.165) is 5.56 Å². The second-order valence-electron chi connectivity index (χ2n) is 5.72. The van der Waals surface area contributed by atoms with Gasteiger partial charge in [0, 0.05) is 0 Å². The normalized spacial score (nSPS) is 14.9. The summed E-state index contributed by atoms with van der Waals surface area (Å²) >= 11 is 6.06. The number of aryl methyl sites for hydroxylation is 1. The molecule has 5 heteroatoms. The van der Waals surface area contributed by atoms with Crippen molar-refractivity contribution in [2.45, 2.75) is 20.5 Å². The average molecular weight is 353 g/mol. The fraction of sp³-hybridized carbons (Fsp3) is 0.333. The molecule has 2 aromatic carbocycles. The van der Waals surface area contributed by atoms with E-state index in [1.807, 2.05) is 43.3 Å².